The third-order valence-corrected chi connectivity index (χ3v) is 5.86. The lowest BCUT2D eigenvalue weighted by Crippen LogP contribution is -2.38. The minimum atomic E-state index is -1.16. The Morgan fingerprint density at radius 3 is 2.50 bits per heavy atom. The van der Waals surface area contributed by atoms with Gasteiger partial charge in [-0.1, -0.05) is 24.3 Å². The topological polar surface area (TPSA) is 135 Å². The minimum Gasteiger partial charge on any atom is -0.494 e. The Bertz CT molecular complexity index is 1030. The number of amides is 1. The van der Waals surface area contributed by atoms with E-state index in [4.69, 9.17) is 38.9 Å². The van der Waals surface area contributed by atoms with Crippen molar-refractivity contribution in [3.05, 3.63) is 71.3 Å². The Morgan fingerprint density at radius 2 is 1.97 bits per heavy atom. The molecule has 7 N–H and O–H groups in total. The standard InChI is InChI=1S/C23H29ClF2N6O2/c1-14(16-3-5-19(34-2)22(26)21(16)25)32(12-9-27)20(29)6-4-17(24)18(13-28)31-10-7-15(8-11-31)23(30)33/h3-5,9,12-13,15,29H,1,6-8,10-11,27-28H2,2H3,(H2,30,33)/b12-9-,17-4+,18-13+,29-20?. The molecular weight excluding hydrogens is 466 g/mol. The van der Waals surface area contributed by atoms with E-state index in [2.05, 4.69) is 6.58 Å². The maximum absolute atomic E-state index is 14.6. The monoisotopic (exact) mass is 494 g/mol. The lowest BCUT2D eigenvalue weighted by Gasteiger charge is -2.33. The summed E-state index contributed by atoms with van der Waals surface area (Å²) in [7, 11) is 1.23. The van der Waals surface area contributed by atoms with Crippen LogP contribution in [0, 0.1) is 23.0 Å². The zero-order valence-corrected chi connectivity index (χ0v) is 19.6. The molecule has 1 aromatic rings. The van der Waals surface area contributed by atoms with Crippen molar-refractivity contribution in [2.24, 2.45) is 23.1 Å². The van der Waals surface area contributed by atoms with E-state index < -0.39 is 11.6 Å². The fourth-order valence-electron chi connectivity index (χ4n) is 3.60. The molecule has 0 bridgehead atoms. The largest absolute Gasteiger partial charge is 0.494 e. The number of methoxy groups -OCH3 is 1. The van der Waals surface area contributed by atoms with Gasteiger partial charge in [0.2, 0.25) is 11.7 Å². The predicted octanol–water partition coefficient (Wildman–Crippen LogP) is 3.16. The molecule has 0 radical (unpaired) electrons. The second-order valence-electron chi connectivity index (χ2n) is 7.52. The molecule has 0 saturated carbocycles. The van der Waals surface area contributed by atoms with Gasteiger partial charge in [0.25, 0.3) is 0 Å². The van der Waals surface area contributed by atoms with Crippen LogP contribution in [-0.2, 0) is 4.79 Å². The number of nitrogens with one attached hydrogen (secondary N) is 1. The van der Waals surface area contributed by atoms with E-state index in [1.165, 1.54) is 36.5 Å². The second kappa shape index (κ2) is 12.1. The van der Waals surface area contributed by atoms with Gasteiger partial charge in [0.1, 0.15) is 5.84 Å². The summed E-state index contributed by atoms with van der Waals surface area (Å²) in [6.07, 6.45) is 6.57. The third kappa shape index (κ3) is 6.07. The Balaban J connectivity index is 2.17. The van der Waals surface area contributed by atoms with Gasteiger partial charge in [0, 0.05) is 55.3 Å². The van der Waals surface area contributed by atoms with Crippen molar-refractivity contribution in [2.75, 3.05) is 20.2 Å². The van der Waals surface area contributed by atoms with Crippen LogP contribution < -0.4 is 21.9 Å². The van der Waals surface area contributed by atoms with Crippen molar-refractivity contribution >= 4 is 29.0 Å². The number of hydrogen-bond acceptors (Lipinski definition) is 6. The fourth-order valence-corrected chi connectivity index (χ4v) is 3.86. The van der Waals surface area contributed by atoms with E-state index in [0.29, 0.717) is 36.7 Å². The van der Waals surface area contributed by atoms with Crippen LogP contribution in [0.2, 0.25) is 0 Å². The van der Waals surface area contributed by atoms with Crippen molar-refractivity contribution < 1.29 is 18.3 Å². The molecule has 0 aromatic heterocycles. The maximum Gasteiger partial charge on any atom is 0.220 e. The van der Waals surface area contributed by atoms with E-state index in [0.717, 1.165) is 6.20 Å². The molecule has 1 fully saturated rings. The molecule has 11 heteroatoms. The highest BCUT2D eigenvalue weighted by atomic mass is 35.5. The van der Waals surface area contributed by atoms with Crippen LogP contribution in [0.5, 0.6) is 5.75 Å². The average molecular weight is 495 g/mol. The number of benzene rings is 1. The predicted molar refractivity (Wildman–Crippen MR) is 129 cm³/mol. The number of nitrogens with two attached hydrogens (primary N) is 3. The molecule has 0 unspecified atom stereocenters. The molecule has 1 aromatic carbocycles. The van der Waals surface area contributed by atoms with E-state index in [-0.39, 0.29) is 41.1 Å². The minimum absolute atomic E-state index is 0.00149. The lowest BCUT2D eigenvalue weighted by atomic mass is 9.96. The fraction of sp³-hybridized carbons (Fsp3) is 0.304. The van der Waals surface area contributed by atoms with Gasteiger partial charge < -0.3 is 31.7 Å². The number of piperidine rings is 1. The van der Waals surface area contributed by atoms with Crippen molar-refractivity contribution in [2.45, 2.75) is 19.3 Å². The van der Waals surface area contributed by atoms with Gasteiger partial charge in [-0.2, -0.15) is 4.39 Å². The summed E-state index contributed by atoms with van der Waals surface area (Å²) in [5.41, 5.74) is 17.1. The average Bonchev–Trinajstić information content (AvgIpc) is 2.83. The number of rotatable bonds is 9. The zero-order chi connectivity index (χ0) is 25.4. The normalized spacial score (nSPS) is 15.5. The first-order valence-corrected chi connectivity index (χ1v) is 10.8. The van der Waals surface area contributed by atoms with Gasteiger partial charge in [-0.3, -0.25) is 10.2 Å². The quantitative estimate of drug-likeness (QED) is 0.236. The van der Waals surface area contributed by atoms with Gasteiger partial charge in [0.05, 0.1) is 17.8 Å². The van der Waals surface area contributed by atoms with Gasteiger partial charge in [-0.15, -0.1) is 0 Å². The second-order valence-corrected chi connectivity index (χ2v) is 7.93. The van der Waals surface area contributed by atoms with Gasteiger partial charge in [-0.05, 0) is 25.0 Å². The first-order chi connectivity index (χ1) is 16.2. The number of likely N-dealkylation sites (tertiary alicyclic amines) is 1. The van der Waals surface area contributed by atoms with E-state index in [1.54, 1.807) is 6.08 Å². The molecular formula is C23H29ClF2N6O2. The van der Waals surface area contributed by atoms with Crippen LogP contribution in [0.15, 0.2) is 54.1 Å². The molecule has 1 heterocycles. The SMILES string of the molecule is C=C(c1ccc(OC)c(F)c1F)N(/C=C\N)C(=N)C/C=C(Cl)\C(=C/N)N1CCC(C(N)=O)CC1. The maximum atomic E-state index is 14.6. The summed E-state index contributed by atoms with van der Waals surface area (Å²) in [6.45, 7) is 4.91. The van der Waals surface area contributed by atoms with E-state index in [9.17, 15) is 13.6 Å². The van der Waals surface area contributed by atoms with Crippen LogP contribution in [0.1, 0.15) is 24.8 Å². The number of carbonyl (C=O) groups is 1. The van der Waals surface area contributed by atoms with E-state index >= 15 is 0 Å². The molecule has 1 aliphatic rings. The highest BCUT2D eigenvalue weighted by Crippen LogP contribution is 2.29. The smallest absolute Gasteiger partial charge is 0.220 e. The summed E-state index contributed by atoms with van der Waals surface area (Å²) >= 11 is 6.46. The molecule has 8 nitrogen and oxygen atoms in total. The van der Waals surface area contributed by atoms with Crippen LogP contribution in [0.25, 0.3) is 5.70 Å². The zero-order valence-electron chi connectivity index (χ0n) is 18.9. The van der Waals surface area contributed by atoms with Gasteiger partial charge >= 0.3 is 0 Å². The number of ether oxygens (including phenoxy) is 1. The van der Waals surface area contributed by atoms with Crippen molar-refractivity contribution in [1.29, 1.82) is 5.41 Å². The molecule has 2 rings (SSSR count). The Labute approximate surface area is 202 Å². The van der Waals surface area contributed by atoms with Crippen LogP contribution in [-0.4, -0.2) is 41.7 Å². The van der Waals surface area contributed by atoms with Crippen LogP contribution in [0.4, 0.5) is 8.78 Å². The summed E-state index contributed by atoms with van der Waals surface area (Å²) in [4.78, 5) is 14.5. The molecule has 34 heavy (non-hydrogen) atoms. The number of amidine groups is 1. The number of primary amides is 1. The highest BCUT2D eigenvalue weighted by Gasteiger charge is 2.25. The first kappa shape index (κ1) is 26.7. The van der Waals surface area contributed by atoms with Crippen molar-refractivity contribution in [3.8, 4) is 5.75 Å². The number of halogens is 3. The Hall–Kier alpha value is -3.53. The molecule has 0 aliphatic carbocycles. The molecule has 184 valence electrons. The summed E-state index contributed by atoms with van der Waals surface area (Å²) in [5.74, 6) is -3.13. The summed E-state index contributed by atoms with van der Waals surface area (Å²) < 4.78 is 33.5. The van der Waals surface area contributed by atoms with Gasteiger partial charge in [-0.25, -0.2) is 4.39 Å². The summed E-state index contributed by atoms with van der Waals surface area (Å²) in [5, 5.41) is 8.74. The Morgan fingerprint density at radius 1 is 1.32 bits per heavy atom. The lowest BCUT2D eigenvalue weighted by molar-refractivity contribution is -0.123. The van der Waals surface area contributed by atoms with Crippen molar-refractivity contribution in [1.82, 2.24) is 9.80 Å². The highest BCUT2D eigenvalue weighted by molar-refractivity contribution is 6.32. The number of hydrogen-bond donors (Lipinski definition) is 4. The van der Waals surface area contributed by atoms with Crippen LogP contribution in [0.3, 0.4) is 0 Å². The van der Waals surface area contributed by atoms with Crippen LogP contribution >= 0.6 is 11.6 Å². The number of carbonyl (C=O) groups excluding carboxylic acids is 1. The summed E-state index contributed by atoms with van der Waals surface area (Å²) in [6, 6.07) is 2.57. The van der Waals surface area contributed by atoms with Crippen molar-refractivity contribution in [3.63, 3.8) is 0 Å². The van der Waals surface area contributed by atoms with E-state index in [1.807, 2.05) is 4.90 Å². The molecule has 1 aliphatic heterocycles. The molecule has 0 atom stereocenters. The Kier molecular flexibility index (Phi) is 9.49. The molecule has 0 spiro atoms. The van der Waals surface area contributed by atoms with Gasteiger partial charge in [0.15, 0.2) is 11.6 Å². The molecule has 1 amide bonds. The third-order valence-electron chi connectivity index (χ3n) is 5.51. The molecule has 1 saturated heterocycles. The first-order valence-electron chi connectivity index (χ1n) is 10.4. The number of nitrogens with zero attached hydrogens (tertiary/aromatic N) is 2. The number of allylic oxidation sites excluding steroid dienone is 1.